The first-order valence-electron chi connectivity index (χ1n) is 11.7. The van der Waals surface area contributed by atoms with Crippen molar-refractivity contribution < 1.29 is 14.2 Å². The lowest BCUT2D eigenvalue weighted by molar-refractivity contribution is 0.00446. The molecule has 2 aromatic heterocycles. The number of hydrogen-bond acceptors (Lipinski definition) is 6. The summed E-state index contributed by atoms with van der Waals surface area (Å²) < 4.78 is 20.2. The Morgan fingerprint density at radius 3 is 2.56 bits per heavy atom. The van der Waals surface area contributed by atoms with Gasteiger partial charge >= 0.3 is 0 Å². The van der Waals surface area contributed by atoms with Gasteiger partial charge in [0.2, 0.25) is 5.88 Å². The van der Waals surface area contributed by atoms with Gasteiger partial charge in [-0.15, -0.1) is 11.3 Å². The molecule has 5 nitrogen and oxygen atoms in total. The number of methoxy groups -OCH3 is 1. The van der Waals surface area contributed by atoms with E-state index in [9.17, 15) is 14.8 Å². The fraction of sp³-hybridized carbons (Fsp3) is 0.310. The van der Waals surface area contributed by atoms with Gasteiger partial charge in [0.15, 0.2) is 0 Å². The molecular weight excluding hydrogens is 473 g/mol. The molecule has 2 aromatic carbocycles. The van der Waals surface area contributed by atoms with Gasteiger partial charge in [-0.3, -0.25) is 0 Å². The van der Waals surface area contributed by atoms with Crippen molar-refractivity contribution in [2.75, 3.05) is 27.7 Å². The summed E-state index contributed by atoms with van der Waals surface area (Å²) >= 11 is 1.61. The Morgan fingerprint density at radius 2 is 1.94 bits per heavy atom. The zero-order chi connectivity index (χ0) is 26.0. The second kappa shape index (κ2) is 10.4. The molecule has 0 saturated heterocycles. The maximum atomic E-state index is 14.5. The largest absolute Gasteiger partial charge is 0.481 e. The average molecular weight is 504 g/mol. The number of aromatic nitrogens is 1. The fourth-order valence-corrected chi connectivity index (χ4v) is 5.86. The minimum Gasteiger partial charge on any atom is -0.481 e. The van der Waals surface area contributed by atoms with E-state index in [1.165, 1.54) is 12.1 Å². The number of thiophene rings is 1. The van der Waals surface area contributed by atoms with E-state index in [1.807, 2.05) is 32.0 Å². The minimum absolute atomic E-state index is 0.351. The van der Waals surface area contributed by atoms with Gasteiger partial charge in [0.05, 0.1) is 30.2 Å². The minimum atomic E-state index is -1.47. The maximum Gasteiger partial charge on any atom is 0.217 e. The molecule has 2 heterocycles. The summed E-state index contributed by atoms with van der Waals surface area (Å²) in [4.78, 5) is 8.82. The van der Waals surface area contributed by atoms with Crippen LogP contribution in [0.4, 0.5) is 4.39 Å². The zero-order valence-electron chi connectivity index (χ0n) is 21.2. The molecule has 36 heavy (non-hydrogen) atoms. The van der Waals surface area contributed by atoms with Gasteiger partial charge in [-0.25, -0.2) is 9.37 Å². The van der Waals surface area contributed by atoms with Gasteiger partial charge in [-0.2, -0.15) is 5.26 Å². The third-order valence-corrected chi connectivity index (χ3v) is 7.87. The van der Waals surface area contributed by atoms with Crippen molar-refractivity contribution in [2.45, 2.75) is 31.8 Å². The van der Waals surface area contributed by atoms with Crippen molar-refractivity contribution in [3.8, 4) is 11.9 Å². The third kappa shape index (κ3) is 4.98. The Kier molecular flexibility index (Phi) is 7.41. The summed E-state index contributed by atoms with van der Waals surface area (Å²) in [7, 11) is 5.45. The Labute approximate surface area is 215 Å². The molecule has 4 aromatic rings. The highest BCUT2D eigenvalue weighted by Gasteiger charge is 2.43. The predicted octanol–water partition coefficient (Wildman–Crippen LogP) is 5.90. The number of ether oxygens (including phenoxy) is 1. The topological polar surface area (TPSA) is 69.4 Å². The third-order valence-electron chi connectivity index (χ3n) is 6.65. The summed E-state index contributed by atoms with van der Waals surface area (Å²) in [6.07, 6.45) is 0.351. The van der Waals surface area contributed by atoms with Gasteiger partial charge in [0, 0.05) is 27.2 Å². The molecule has 1 N–H and O–H groups in total. The molecule has 0 unspecified atom stereocenters. The van der Waals surface area contributed by atoms with Crippen LogP contribution in [-0.2, 0) is 5.60 Å². The number of benzene rings is 2. The Balaban J connectivity index is 2.05. The molecule has 0 fully saturated rings. The number of aliphatic hydroxyl groups is 1. The first-order chi connectivity index (χ1) is 17.2. The van der Waals surface area contributed by atoms with Crippen molar-refractivity contribution in [3.63, 3.8) is 0 Å². The van der Waals surface area contributed by atoms with Crippen molar-refractivity contribution in [3.05, 3.63) is 92.4 Å². The van der Waals surface area contributed by atoms with Crippen LogP contribution in [0.1, 0.15) is 44.3 Å². The van der Waals surface area contributed by atoms with E-state index < -0.39 is 17.3 Å². The van der Waals surface area contributed by atoms with Gasteiger partial charge in [-0.1, -0.05) is 12.1 Å². The van der Waals surface area contributed by atoms with Crippen LogP contribution < -0.4 is 4.74 Å². The SMILES string of the molecule is COc1nc2ccc(C#N)cc2cc1[C@@H](c1cc(C)c(C)s1)[C@@](O)(CCN(C)C)c1cccc(F)c1. The molecule has 0 spiro atoms. The van der Waals surface area contributed by atoms with Gasteiger partial charge in [-0.05, 0) is 88.0 Å². The lowest BCUT2D eigenvalue weighted by Gasteiger charge is -2.38. The van der Waals surface area contributed by atoms with Crippen molar-refractivity contribution >= 4 is 22.2 Å². The van der Waals surface area contributed by atoms with Crippen LogP contribution in [-0.4, -0.2) is 42.7 Å². The van der Waals surface area contributed by atoms with Crippen LogP contribution in [0.2, 0.25) is 0 Å². The number of fused-ring (bicyclic) bond motifs is 1. The first kappa shape index (κ1) is 25.8. The number of nitriles is 1. The molecule has 0 amide bonds. The quantitative estimate of drug-likeness (QED) is 0.324. The monoisotopic (exact) mass is 503 g/mol. The molecule has 4 rings (SSSR count). The van der Waals surface area contributed by atoms with Crippen LogP contribution in [0, 0.1) is 31.0 Å². The van der Waals surface area contributed by atoms with Crippen molar-refractivity contribution in [1.82, 2.24) is 9.88 Å². The molecule has 0 aliphatic heterocycles. The van der Waals surface area contributed by atoms with Crippen LogP contribution in [0.5, 0.6) is 5.88 Å². The van der Waals surface area contributed by atoms with Crippen LogP contribution in [0.3, 0.4) is 0 Å². The Hall–Kier alpha value is -3.31. The van der Waals surface area contributed by atoms with Crippen LogP contribution in [0.25, 0.3) is 10.9 Å². The molecule has 0 aliphatic rings. The van der Waals surface area contributed by atoms with E-state index in [0.29, 0.717) is 41.1 Å². The second-order valence-electron chi connectivity index (χ2n) is 9.42. The van der Waals surface area contributed by atoms with Crippen LogP contribution >= 0.6 is 11.3 Å². The van der Waals surface area contributed by atoms with E-state index >= 15 is 0 Å². The smallest absolute Gasteiger partial charge is 0.217 e. The molecule has 0 radical (unpaired) electrons. The maximum absolute atomic E-state index is 14.5. The Morgan fingerprint density at radius 1 is 1.17 bits per heavy atom. The number of pyridine rings is 1. The highest BCUT2D eigenvalue weighted by molar-refractivity contribution is 7.12. The van der Waals surface area contributed by atoms with E-state index in [4.69, 9.17) is 9.72 Å². The average Bonchev–Trinajstić information content (AvgIpc) is 3.19. The van der Waals surface area contributed by atoms with Crippen molar-refractivity contribution in [1.29, 1.82) is 5.26 Å². The van der Waals surface area contributed by atoms with Crippen molar-refractivity contribution in [2.24, 2.45) is 0 Å². The molecule has 2 atom stereocenters. The molecule has 186 valence electrons. The number of halogens is 1. The fourth-order valence-electron chi connectivity index (χ4n) is 4.61. The van der Waals surface area contributed by atoms with Crippen LogP contribution in [0.15, 0.2) is 54.6 Å². The Bertz CT molecular complexity index is 1420. The molecule has 0 saturated carbocycles. The summed E-state index contributed by atoms with van der Waals surface area (Å²) in [6, 6.07) is 17.7. The standard InChI is InChI=1S/C29H30FN3O2S/c1-18-13-26(36-19(18)2)27(29(34,11-12-33(3)4)22-7-6-8-23(30)16-22)24-15-21-14-20(17-31)9-10-25(21)32-28(24)35-5/h6-10,13-16,27,34H,11-12H2,1-5H3/t27-,29+/m0/s1. The highest BCUT2D eigenvalue weighted by Crippen LogP contribution is 2.49. The first-order valence-corrected chi connectivity index (χ1v) is 12.6. The normalized spacial score (nSPS) is 14.0. The number of nitrogens with zero attached hydrogens (tertiary/aromatic N) is 3. The second-order valence-corrected chi connectivity index (χ2v) is 10.7. The summed E-state index contributed by atoms with van der Waals surface area (Å²) in [5.41, 5.74) is 2.04. The van der Waals surface area contributed by atoms with E-state index in [2.05, 4.69) is 19.1 Å². The zero-order valence-corrected chi connectivity index (χ0v) is 22.0. The lowest BCUT2D eigenvalue weighted by atomic mass is 9.74. The summed E-state index contributed by atoms with van der Waals surface area (Å²) in [5.74, 6) is -0.606. The number of hydrogen-bond donors (Lipinski definition) is 1. The molecule has 0 bridgehead atoms. The summed E-state index contributed by atoms with van der Waals surface area (Å²) in [6.45, 7) is 4.67. The van der Waals surface area contributed by atoms with E-state index in [1.54, 1.807) is 48.8 Å². The van der Waals surface area contributed by atoms with Gasteiger partial charge < -0.3 is 14.7 Å². The molecular formula is C29H30FN3O2S. The number of aryl methyl sites for hydroxylation is 2. The molecule has 7 heteroatoms. The molecule has 0 aliphatic carbocycles. The highest BCUT2D eigenvalue weighted by atomic mass is 32.1. The van der Waals surface area contributed by atoms with Gasteiger partial charge in [0.25, 0.3) is 0 Å². The van der Waals surface area contributed by atoms with Gasteiger partial charge in [0.1, 0.15) is 11.4 Å². The van der Waals surface area contributed by atoms with E-state index in [-0.39, 0.29) is 0 Å². The summed E-state index contributed by atoms with van der Waals surface area (Å²) in [5, 5.41) is 22.8. The predicted molar refractivity (Wildman–Crippen MR) is 142 cm³/mol. The number of rotatable bonds is 8. The van der Waals surface area contributed by atoms with E-state index in [0.717, 1.165) is 20.7 Å². The lowest BCUT2D eigenvalue weighted by Crippen LogP contribution is -2.37.